The van der Waals surface area contributed by atoms with Gasteiger partial charge in [0.2, 0.25) is 0 Å². The van der Waals surface area contributed by atoms with E-state index in [9.17, 15) is 4.79 Å². The standard InChI is InChI=1S/C15H14ClNO4/c1-2-19-15(18)17-21-13-8-6-12(7-9-13)20-14-5-3-4-11(16)10-14/h3-10H,2H2,1H3,(H,17,18). The zero-order chi connectivity index (χ0) is 15.1. The Morgan fingerprint density at radius 3 is 2.48 bits per heavy atom. The number of ether oxygens (including phenoxy) is 2. The van der Waals surface area contributed by atoms with E-state index < -0.39 is 6.09 Å². The van der Waals surface area contributed by atoms with Crippen LogP contribution in [0.25, 0.3) is 0 Å². The zero-order valence-corrected chi connectivity index (χ0v) is 12.1. The van der Waals surface area contributed by atoms with Crippen molar-refractivity contribution in [2.24, 2.45) is 0 Å². The molecule has 0 aliphatic heterocycles. The topological polar surface area (TPSA) is 56.8 Å². The number of carbonyl (C=O) groups excluding carboxylic acids is 1. The highest BCUT2D eigenvalue weighted by atomic mass is 35.5. The lowest BCUT2D eigenvalue weighted by molar-refractivity contribution is 0.104. The third kappa shape index (κ3) is 4.89. The summed E-state index contributed by atoms with van der Waals surface area (Å²) in [5.41, 5.74) is 2.16. The van der Waals surface area contributed by atoms with Gasteiger partial charge in [0.25, 0.3) is 0 Å². The molecule has 1 amide bonds. The van der Waals surface area contributed by atoms with Gasteiger partial charge < -0.3 is 14.3 Å². The highest BCUT2D eigenvalue weighted by Crippen LogP contribution is 2.25. The van der Waals surface area contributed by atoms with Gasteiger partial charge in [-0.15, -0.1) is 0 Å². The Kier molecular flexibility index (Phi) is 5.29. The maximum absolute atomic E-state index is 11.1. The fourth-order valence-electron chi connectivity index (χ4n) is 1.50. The number of hydrogen-bond donors (Lipinski definition) is 1. The third-order valence-electron chi connectivity index (χ3n) is 2.38. The molecule has 0 radical (unpaired) electrons. The Bertz CT molecular complexity index is 601. The predicted molar refractivity (Wildman–Crippen MR) is 78.8 cm³/mol. The van der Waals surface area contributed by atoms with Crippen LogP contribution in [0.5, 0.6) is 17.2 Å². The molecule has 2 aromatic rings. The summed E-state index contributed by atoms with van der Waals surface area (Å²) in [6.07, 6.45) is -0.642. The van der Waals surface area contributed by atoms with Gasteiger partial charge in [0.15, 0.2) is 5.75 Å². The molecular weight excluding hydrogens is 294 g/mol. The third-order valence-corrected chi connectivity index (χ3v) is 2.62. The van der Waals surface area contributed by atoms with Gasteiger partial charge in [-0.25, -0.2) is 4.79 Å². The van der Waals surface area contributed by atoms with E-state index in [0.29, 0.717) is 22.3 Å². The van der Waals surface area contributed by atoms with Gasteiger partial charge in [0.05, 0.1) is 6.61 Å². The SMILES string of the molecule is CCOC(=O)NOc1ccc(Oc2cccc(Cl)c2)cc1. The van der Waals surface area contributed by atoms with Crippen LogP contribution in [-0.2, 0) is 4.74 Å². The van der Waals surface area contributed by atoms with Gasteiger partial charge in [-0.1, -0.05) is 17.7 Å². The van der Waals surface area contributed by atoms with Crippen LogP contribution in [-0.4, -0.2) is 12.7 Å². The minimum Gasteiger partial charge on any atom is -0.457 e. The molecule has 110 valence electrons. The molecule has 6 heteroatoms. The molecule has 2 aromatic carbocycles. The molecule has 0 heterocycles. The summed E-state index contributed by atoms with van der Waals surface area (Å²) in [7, 11) is 0. The summed E-state index contributed by atoms with van der Waals surface area (Å²) in [5, 5.41) is 0.603. The van der Waals surface area contributed by atoms with Crippen molar-refractivity contribution in [2.45, 2.75) is 6.92 Å². The number of amides is 1. The lowest BCUT2D eigenvalue weighted by Crippen LogP contribution is -2.27. The largest absolute Gasteiger partial charge is 0.457 e. The van der Waals surface area contributed by atoms with Gasteiger partial charge in [-0.05, 0) is 49.4 Å². The van der Waals surface area contributed by atoms with E-state index in [-0.39, 0.29) is 6.61 Å². The van der Waals surface area contributed by atoms with Crippen molar-refractivity contribution in [1.82, 2.24) is 5.48 Å². The molecule has 0 unspecified atom stereocenters. The smallest absolute Gasteiger partial charge is 0.440 e. The van der Waals surface area contributed by atoms with E-state index in [1.807, 2.05) is 0 Å². The van der Waals surface area contributed by atoms with E-state index in [0.717, 1.165) is 0 Å². The first-order valence-electron chi connectivity index (χ1n) is 6.30. The van der Waals surface area contributed by atoms with Crippen LogP contribution in [0.15, 0.2) is 48.5 Å². The fourth-order valence-corrected chi connectivity index (χ4v) is 1.68. The first-order chi connectivity index (χ1) is 10.2. The van der Waals surface area contributed by atoms with Crippen molar-refractivity contribution >= 4 is 17.7 Å². The average Bonchev–Trinajstić information content (AvgIpc) is 2.47. The maximum Gasteiger partial charge on any atom is 0.440 e. The second kappa shape index (κ2) is 7.40. The molecule has 21 heavy (non-hydrogen) atoms. The van der Waals surface area contributed by atoms with Crippen molar-refractivity contribution in [3.05, 3.63) is 53.6 Å². The molecule has 0 aliphatic rings. The fraction of sp³-hybridized carbons (Fsp3) is 0.133. The Morgan fingerprint density at radius 2 is 1.81 bits per heavy atom. The molecule has 0 aliphatic carbocycles. The summed E-state index contributed by atoms with van der Waals surface area (Å²) in [4.78, 5) is 16.1. The first-order valence-corrected chi connectivity index (χ1v) is 6.68. The summed E-state index contributed by atoms with van der Waals surface area (Å²) in [6, 6.07) is 13.8. The van der Waals surface area contributed by atoms with Gasteiger partial charge in [-0.2, -0.15) is 5.48 Å². The number of benzene rings is 2. The highest BCUT2D eigenvalue weighted by molar-refractivity contribution is 6.30. The van der Waals surface area contributed by atoms with E-state index in [4.69, 9.17) is 21.2 Å². The highest BCUT2D eigenvalue weighted by Gasteiger charge is 2.02. The second-order valence-electron chi connectivity index (χ2n) is 3.96. The quantitative estimate of drug-likeness (QED) is 0.842. The van der Waals surface area contributed by atoms with Gasteiger partial charge in [0, 0.05) is 5.02 Å². The van der Waals surface area contributed by atoms with E-state index in [1.165, 1.54) is 0 Å². The lowest BCUT2D eigenvalue weighted by Gasteiger charge is -2.08. The summed E-state index contributed by atoms with van der Waals surface area (Å²) >= 11 is 5.88. The first kappa shape index (κ1) is 15.0. The van der Waals surface area contributed by atoms with Crippen LogP contribution in [0.2, 0.25) is 5.02 Å². The minimum absolute atomic E-state index is 0.279. The van der Waals surface area contributed by atoms with E-state index >= 15 is 0 Å². The number of nitrogens with one attached hydrogen (secondary N) is 1. The molecule has 0 spiro atoms. The average molecular weight is 308 g/mol. The Hall–Kier alpha value is -2.40. The number of hydrogen-bond acceptors (Lipinski definition) is 4. The van der Waals surface area contributed by atoms with Crippen LogP contribution in [0, 0.1) is 0 Å². The molecule has 0 saturated carbocycles. The summed E-state index contributed by atoms with van der Waals surface area (Å²) < 4.78 is 10.3. The molecule has 0 bridgehead atoms. The van der Waals surface area contributed by atoms with Gasteiger partial charge in [0.1, 0.15) is 11.5 Å². The Balaban J connectivity index is 1.91. The van der Waals surface area contributed by atoms with Crippen molar-refractivity contribution in [3.63, 3.8) is 0 Å². The number of carbonyl (C=O) groups is 1. The van der Waals surface area contributed by atoms with E-state index in [2.05, 4.69) is 10.2 Å². The van der Waals surface area contributed by atoms with Crippen LogP contribution in [0.4, 0.5) is 4.79 Å². The number of halogens is 1. The Morgan fingerprint density at radius 1 is 1.10 bits per heavy atom. The maximum atomic E-state index is 11.1. The van der Waals surface area contributed by atoms with Crippen molar-refractivity contribution in [1.29, 1.82) is 0 Å². The van der Waals surface area contributed by atoms with E-state index in [1.54, 1.807) is 55.5 Å². The lowest BCUT2D eigenvalue weighted by atomic mass is 10.3. The molecule has 1 N–H and O–H groups in total. The summed E-state index contributed by atoms with van der Waals surface area (Å²) in [6.45, 7) is 1.99. The zero-order valence-electron chi connectivity index (χ0n) is 11.3. The van der Waals surface area contributed by atoms with Gasteiger partial charge in [-0.3, -0.25) is 0 Å². The predicted octanol–water partition coefficient (Wildman–Crippen LogP) is 4.17. The van der Waals surface area contributed by atoms with Crippen molar-refractivity contribution < 1.29 is 19.1 Å². The summed E-state index contributed by atoms with van der Waals surface area (Å²) in [5.74, 6) is 1.73. The minimum atomic E-state index is -0.642. The Labute approximate surface area is 127 Å². The monoisotopic (exact) mass is 307 g/mol. The van der Waals surface area contributed by atoms with Crippen LogP contribution in [0.1, 0.15) is 6.92 Å². The number of rotatable bonds is 5. The van der Waals surface area contributed by atoms with Crippen molar-refractivity contribution in [2.75, 3.05) is 6.61 Å². The van der Waals surface area contributed by atoms with Crippen molar-refractivity contribution in [3.8, 4) is 17.2 Å². The number of hydroxylamine groups is 1. The molecule has 0 aromatic heterocycles. The molecule has 2 rings (SSSR count). The van der Waals surface area contributed by atoms with Crippen LogP contribution < -0.4 is 15.1 Å². The second-order valence-corrected chi connectivity index (χ2v) is 4.39. The molecular formula is C15H14ClNO4. The molecule has 0 atom stereocenters. The normalized spacial score (nSPS) is 9.81. The molecule has 0 fully saturated rings. The molecule has 5 nitrogen and oxygen atoms in total. The van der Waals surface area contributed by atoms with Gasteiger partial charge >= 0.3 is 6.09 Å². The van der Waals surface area contributed by atoms with Crippen LogP contribution in [0.3, 0.4) is 0 Å². The van der Waals surface area contributed by atoms with Crippen LogP contribution >= 0.6 is 11.6 Å². The molecule has 0 saturated heterocycles.